The van der Waals surface area contributed by atoms with Crippen molar-refractivity contribution < 1.29 is 78.1 Å². The van der Waals surface area contributed by atoms with Crippen LogP contribution < -0.4 is 5.32 Å². The highest BCUT2D eigenvalue weighted by Crippen LogP contribution is 2.50. The predicted octanol–water partition coefficient (Wildman–Crippen LogP) is 6.91. The summed E-state index contributed by atoms with van der Waals surface area (Å²) in [4.78, 5) is 96.1. The van der Waals surface area contributed by atoms with E-state index in [-0.39, 0.29) is 96.5 Å². The van der Waals surface area contributed by atoms with Gasteiger partial charge in [-0.3, -0.25) is 4.79 Å². The van der Waals surface area contributed by atoms with Gasteiger partial charge in [-0.05, 0) is 119 Å². The van der Waals surface area contributed by atoms with Crippen LogP contribution in [-0.2, 0) is 44.7 Å². The molecule has 0 heterocycles. The van der Waals surface area contributed by atoms with E-state index in [1.54, 1.807) is 19.1 Å². The molecule has 1 aliphatic carbocycles. The molecule has 1 amide bonds. The number of nitrogens with one attached hydrogen (secondary N) is 1. The Morgan fingerprint density at radius 3 is 1.97 bits per heavy atom. The Labute approximate surface area is 363 Å². The Balaban J connectivity index is 2.60. The molecule has 1 fully saturated rings. The van der Waals surface area contributed by atoms with Crippen LogP contribution in [0.5, 0.6) is 0 Å². The summed E-state index contributed by atoms with van der Waals surface area (Å²) in [5, 5.41) is 52.1. The van der Waals surface area contributed by atoms with Gasteiger partial charge in [0.1, 0.15) is 18.3 Å². The molecular weight excluding hydrogens is 840 g/mol. The molecule has 0 spiro atoms. The first-order valence-corrected chi connectivity index (χ1v) is 20.8. The molecule has 63 heavy (non-hydrogen) atoms. The molecule has 0 aromatic heterocycles. The maximum absolute atomic E-state index is 12.9. The van der Waals surface area contributed by atoms with Gasteiger partial charge in [0.25, 0.3) is 15.3 Å². The number of carboxylic acid groups (broad SMARTS) is 2. The van der Waals surface area contributed by atoms with Crippen molar-refractivity contribution in [2.45, 2.75) is 109 Å². The van der Waals surface area contributed by atoms with Crippen LogP contribution >= 0.6 is 0 Å². The normalized spacial score (nSPS) is 18.4. The van der Waals surface area contributed by atoms with Crippen LogP contribution in [0.1, 0.15) is 89.5 Å². The standard InChI is InChI=1S/C40H58N4O19/c1-2-41-37(45)19-9-4-3-8-16-31-32(23-22-30(21-20-29-14-6-5-7-15-29)61-40(50)59-24-10-11-27-60-42(51)52)34(36(63-44(55)56)18-13-26-58-39(48)49)28-33(31)35(62-43(53)54)17-12-25-57-38(46)47/h3,5-8,14-15,22-23,30-36H,2,4,9-13,16-21,24-28H2,1H3,(H,41,45)(H,46,47)(H,48,49)/t30-,31+,32+,33?,34+,35?,36?/m0/s1. The number of aryl methyl sites for hydroxylation is 1. The molecule has 0 bridgehead atoms. The van der Waals surface area contributed by atoms with Crippen molar-refractivity contribution in [1.29, 1.82) is 0 Å². The SMILES string of the molecule is CCNC(=O)CCCC=CC[C@H]1C(C(CCCOC(=O)O)O[N+](=O)[O-])C[C@@H](C(CCCOC(=O)O)O[N+](=O)[O-])[C@@H]1C=C[C@H](CCc1ccccc1)OC(=O)OCCCCO[N+](=O)[O-]. The summed E-state index contributed by atoms with van der Waals surface area (Å²) in [6, 6.07) is 9.28. The molecule has 7 atom stereocenters. The molecule has 1 saturated carbocycles. The van der Waals surface area contributed by atoms with E-state index in [4.69, 9.17) is 29.4 Å². The summed E-state index contributed by atoms with van der Waals surface area (Å²) in [6.07, 6.45) is 2.43. The Hall–Kier alpha value is -6.42. The van der Waals surface area contributed by atoms with Gasteiger partial charge in [0.05, 0.1) is 26.4 Å². The van der Waals surface area contributed by atoms with Crippen molar-refractivity contribution >= 4 is 24.4 Å². The molecular formula is C40H58N4O19. The number of amides is 1. The van der Waals surface area contributed by atoms with Gasteiger partial charge in [-0.25, -0.2) is 14.4 Å². The van der Waals surface area contributed by atoms with Crippen molar-refractivity contribution in [3.63, 3.8) is 0 Å². The van der Waals surface area contributed by atoms with Crippen molar-refractivity contribution in [2.75, 3.05) is 33.0 Å². The molecule has 1 aliphatic rings. The first-order chi connectivity index (χ1) is 30.2. The maximum Gasteiger partial charge on any atom is 0.508 e. The minimum atomic E-state index is -1.54. The van der Waals surface area contributed by atoms with Crippen molar-refractivity contribution in [3.8, 4) is 0 Å². The number of benzene rings is 1. The molecule has 0 radical (unpaired) electrons. The van der Waals surface area contributed by atoms with Crippen molar-refractivity contribution in [1.82, 2.24) is 5.32 Å². The highest BCUT2D eigenvalue weighted by molar-refractivity contribution is 5.75. The Morgan fingerprint density at radius 2 is 1.38 bits per heavy atom. The van der Waals surface area contributed by atoms with Gasteiger partial charge in [-0.15, -0.1) is 30.3 Å². The zero-order chi connectivity index (χ0) is 46.4. The molecule has 23 nitrogen and oxygen atoms in total. The van der Waals surface area contributed by atoms with Crippen molar-refractivity contribution in [3.05, 3.63) is 90.5 Å². The van der Waals surface area contributed by atoms with E-state index in [0.29, 0.717) is 25.8 Å². The molecule has 3 N–H and O–H groups in total. The van der Waals surface area contributed by atoms with Gasteiger partial charge in [-0.2, -0.15) is 0 Å². The number of hydrogen-bond donors (Lipinski definition) is 3. The third-order valence-corrected chi connectivity index (χ3v) is 10.2. The number of unbranched alkanes of at least 4 members (excludes halogenated alkanes) is 2. The van der Waals surface area contributed by atoms with Gasteiger partial charge >= 0.3 is 18.5 Å². The van der Waals surface area contributed by atoms with E-state index in [0.717, 1.165) is 5.56 Å². The number of ether oxygens (including phenoxy) is 4. The molecule has 1 aromatic carbocycles. The van der Waals surface area contributed by atoms with Gasteiger partial charge < -0.3 is 49.0 Å². The summed E-state index contributed by atoms with van der Waals surface area (Å²) in [5.41, 5.74) is 0.919. The first-order valence-electron chi connectivity index (χ1n) is 20.8. The lowest BCUT2D eigenvalue weighted by molar-refractivity contribution is -0.772. The van der Waals surface area contributed by atoms with Gasteiger partial charge in [0.15, 0.2) is 0 Å². The lowest BCUT2D eigenvalue weighted by Crippen LogP contribution is -2.31. The first kappa shape index (κ1) is 52.7. The highest BCUT2D eigenvalue weighted by atomic mass is 17.0. The van der Waals surface area contributed by atoms with E-state index in [2.05, 4.69) is 19.6 Å². The number of nitrogens with zero attached hydrogens (tertiary/aromatic N) is 3. The average Bonchev–Trinajstić information content (AvgIpc) is 3.58. The molecule has 352 valence electrons. The molecule has 0 aliphatic heterocycles. The van der Waals surface area contributed by atoms with Crippen LogP contribution in [0.25, 0.3) is 0 Å². The fourth-order valence-corrected chi connectivity index (χ4v) is 7.59. The minimum Gasteiger partial charge on any atom is -0.450 e. The van der Waals surface area contributed by atoms with Gasteiger partial charge in [0.2, 0.25) is 5.91 Å². The van der Waals surface area contributed by atoms with Crippen LogP contribution in [0.3, 0.4) is 0 Å². The summed E-state index contributed by atoms with van der Waals surface area (Å²) < 4.78 is 20.2. The fourth-order valence-electron chi connectivity index (χ4n) is 7.59. The fraction of sp³-hybridized carbons (Fsp3) is 0.650. The Bertz CT molecular complexity index is 1630. The number of allylic oxidation sites excluding steroid dienone is 3. The predicted molar refractivity (Wildman–Crippen MR) is 217 cm³/mol. The second kappa shape index (κ2) is 30.6. The minimum absolute atomic E-state index is 0.0206. The van der Waals surface area contributed by atoms with Crippen LogP contribution in [0.15, 0.2) is 54.6 Å². The van der Waals surface area contributed by atoms with Gasteiger partial charge in [-0.1, -0.05) is 48.6 Å². The van der Waals surface area contributed by atoms with E-state index in [1.807, 2.05) is 42.5 Å². The largest absolute Gasteiger partial charge is 0.508 e. The summed E-state index contributed by atoms with van der Waals surface area (Å²) in [5.74, 6) is -2.78. The molecule has 0 saturated heterocycles. The Kier molecular flexibility index (Phi) is 25.6. The second-order valence-corrected chi connectivity index (χ2v) is 14.5. The summed E-state index contributed by atoms with van der Waals surface area (Å²) >= 11 is 0. The van der Waals surface area contributed by atoms with Crippen LogP contribution in [-0.4, -0.2) is 101 Å². The molecule has 23 heteroatoms. The van der Waals surface area contributed by atoms with E-state index < -0.39 is 75.7 Å². The van der Waals surface area contributed by atoms with Gasteiger partial charge in [0, 0.05) is 13.0 Å². The van der Waals surface area contributed by atoms with E-state index >= 15 is 0 Å². The Morgan fingerprint density at radius 1 is 0.778 bits per heavy atom. The lowest BCUT2D eigenvalue weighted by Gasteiger charge is -2.30. The van der Waals surface area contributed by atoms with E-state index in [1.165, 1.54) is 0 Å². The highest BCUT2D eigenvalue weighted by Gasteiger charge is 2.49. The quantitative estimate of drug-likeness (QED) is 0.0161. The maximum atomic E-state index is 12.9. The zero-order valence-electron chi connectivity index (χ0n) is 35.1. The average molecular weight is 899 g/mol. The summed E-state index contributed by atoms with van der Waals surface area (Å²) in [7, 11) is 0. The van der Waals surface area contributed by atoms with Crippen LogP contribution in [0.2, 0.25) is 0 Å². The smallest absolute Gasteiger partial charge is 0.450 e. The number of carbonyl (C=O) groups is 4. The third-order valence-electron chi connectivity index (χ3n) is 10.2. The third kappa shape index (κ3) is 23.4. The zero-order valence-corrected chi connectivity index (χ0v) is 35.1. The molecule has 1 aromatic rings. The second-order valence-electron chi connectivity index (χ2n) is 14.5. The monoisotopic (exact) mass is 898 g/mol. The number of carbonyl (C=O) groups excluding carboxylic acids is 2. The molecule has 3 unspecified atom stereocenters. The van der Waals surface area contributed by atoms with E-state index in [9.17, 15) is 49.5 Å². The van der Waals surface area contributed by atoms with Crippen LogP contribution in [0.4, 0.5) is 14.4 Å². The van der Waals surface area contributed by atoms with Crippen molar-refractivity contribution in [2.24, 2.45) is 23.7 Å². The number of hydrogen-bond acceptors (Lipinski definition) is 17. The summed E-state index contributed by atoms with van der Waals surface area (Å²) in [6.45, 7) is 1.38. The topological polar surface area (TPSA) is 315 Å². The lowest BCUT2D eigenvalue weighted by atomic mass is 9.79. The molecule has 2 rings (SSSR count). The number of rotatable bonds is 33. The van der Waals surface area contributed by atoms with Crippen LogP contribution in [0, 0.1) is 54.0 Å².